The first-order valence-electron chi connectivity index (χ1n) is 6.42. The Morgan fingerprint density at radius 2 is 2.06 bits per heavy atom. The van der Waals surface area contributed by atoms with E-state index in [1.54, 1.807) is 0 Å². The highest BCUT2D eigenvalue weighted by Gasteiger charge is 2.32. The van der Waals surface area contributed by atoms with E-state index in [-0.39, 0.29) is 5.41 Å². The molecule has 5 nitrogen and oxygen atoms in total. The van der Waals surface area contributed by atoms with Crippen molar-refractivity contribution in [1.82, 2.24) is 24.6 Å². The summed E-state index contributed by atoms with van der Waals surface area (Å²) in [4.78, 5) is 4.33. The lowest BCUT2D eigenvalue weighted by Gasteiger charge is -2.34. The van der Waals surface area contributed by atoms with Gasteiger partial charge < -0.3 is 5.32 Å². The van der Waals surface area contributed by atoms with Gasteiger partial charge in [-0.25, -0.2) is 4.98 Å². The molecular formula is C13H19N5. The normalized spacial score (nSPS) is 19.0. The van der Waals surface area contributed by atoms with Crippen molar-refractivity contribution < 1.29 is 0 Å². The fourth-order valence-electron chi connectivity index (χ4n) is 2.71. The van der Waals surface area contributed by atoms with Crippen LogP contribution in [0.1, 0.15) is 25.5 Å². The van der Waals surface area contributed by atoms with Crippen LogP contribution in [0.3, 0.4) is 0 Å². The van der Waals surface area contributed by atoms with Crippen LogP contribution in [-0.2, 0) is 12.5 Å². The van der Waals surface area contributed by atoms with Gasteiger partial charge in [0.05, 0.1) is 18.2 Å². The van der Waals surface area contributed by atoms with Gasteiger partial charge in [-0.05, 0) is 25.9 Å². The topological polar surface area (TPSA) is 47.7 Å². The highest BCUT2D eigenvalue weighted by atomic mass is 15.3. The summed E-state index contributed by atoms with van der Waals surface area (Å²) in [6.07, 6.45) is 10.1. The van der Waals surface area contributed by atoms with Gasteiger partial charge in [-0.15, -0.1) is 0 Å². The summed E-state index contributed by atoms with van der Waals surface area (Å²) in [6.45, 7) is 4.49. The van der Waals surface area contributed by atoms with E-state index in [1.165, 1.54) is 5.69 Å². The molecule has 1 N–H and O–H groups in total. The Bertz CT molecular complexity index is 533. The van der Waals surface area contributed by atoms with Crippen molar-refractivity contribution in [3.63, 3.8) is 0 Å². The first-order chi connectivity index (χ1) is 8.69. The second-order valence-corrected chi connectivity index (χ2v) is 5.33. The SMILES string of the molecule is Cn1cc(-n2cncc2C2(C)CCNCC2)cn1. The number of aryl methyl sites for hydroxylation is 1. The minimum absolute atomic E-state index is 0.206. The van der Waals surface area contributed by atoms with Gasteiger partial charge in [-0.1, -0.05) is 6.92 Å². The molecule has 0 bridgehead atoms. The van der Waals surface area contributed by atoms with Crippen molar-refractivity contribution >= 4 is 0 Å². The van der Waals surface area contributed by atoms with E-state index in [0.29, 0.717) is 0 Å². The molecule has 1 aliphatic heterocycles. The minimum atomic E-state index is 0.206. The summed E-state index contributed by atoms with van der Waals surface area (Å²) >= 11 is 0. The maximum atomic E-state index is 4.33. The highest BCUT2D eigenvalue weighted by Crippen LogP contribution is 2.33. The van der Waals surface area contributed by atoms with Gasteiger partial charge >= 0.3 is 0 Å². The predicted molar refractivity (Wildman–Crippen MR) is 69.8 cm³/mol. The summed E-state index contributed by atoms with van der Waals surface area (Å²) in [5.74, 6) is 0. The van der Waals surface area contributed by atoms with Crippen LogP contribution in [0, 0.1) is 0 Å². The molecule has 96 valence electrons. The standard InChI is InChI=1S/C13H19N5/c1-13(3-5-14-6-4-13)12-8-15-10-18(12)11-7-16-17(2)9-11/h7-10,14H,3-6H2,1-2H3. The number of hydrogen-bond acceptors (Lipinski definition) is 3. The Kier molecular flexibility index (Phi) is 2.70. The predicted octanol–water partition coefficient (Wildman–Crippen LogP) is 1.25. The molecule has 0 saturated carbocycles. The molecule has 2 aromatic heterocycles. The maximum Gasteiger partial charge on any atom is 0.0995 e. The summed E-state index contributed by atoms with van der Waals surface area (Å²) in [5, 5.41) is 7.66. The molecule has 2 aromatic rings. The largest absolute Gasteiger partial charge is 0.317 e. The van der Waals surface area contributed by atoms with Crippen LogP contribution in [0.4, 0.5) is 0 Å². The third kappa shape index (κ3) is 1.84. The van der Waals surface area contributed by atoms with E-state index in [0.717, 1.165) is 31.6 Å². The zero-order chi connectivity index (χ0) is 12.6. The molecule has 3 rings (SSSR count). The zero-order valence-electron chi connectivity index (χ0n) is 10.9. The van der Waals surface area contributed by atoms with Crippen LogP contribution in [0.5, 0.6) is 0 Å². The van der Waals surface area contributed by atoms with Gasteiger partial charge in [0, 0.05) is 30.6 Å². The fraction of sp³-hybridized carbons (Fsp3) is 0.538. The van der Waals surface area contributed by atoms with Crippen molar-refractivity contribution in [2.45, 2.75) is 25.2 Å². The number of hydrogen-bond donors (Lipinski definition) is 1. The number of rotatable bonds is 2. The monoisotopic (exact) mass is 245 g/mol. The number of nitrogens with zero attached hydrogens (tertiary/aromatic N) is 4. The molecule has 5 heteroatoms. The lowest BCUT2D eigenvalue weighted by atomic mass is 9.78. The van der Waals surface area contributed by atoms with Crippen LogP contribution < -0.4 is 5.32 Å². The lowest BCUT2D eigenvalue weighted by Crippen LogP contribution is -2.38. The molecular weight excluding hydrogens is 226 g/mol. The quantitative estimate of drug-likeness (QED) is 0.866. The molecule has 0 amide bonds. The number of aromatic nitrogens is 4. The van der Waals surface area contributed by atoms with Crippen molar-refractivity contribution in [2.75, 3.05) is 13.1 Å². The van der Waals surface area contributed by atoms with E-state index < -0.39 is 0 Å². The third-order valence-corrected chi connectivity index (χ3v) is 3.93. The van der Waals surface area contributed by atoms with Gasteiger partial charge in [0.1, 0.15) is 0 Å². The Hall–Kier alpha value is -1.62. The summed E-state index contributed by atoms with van der Waals surface area (Å²) in [5.41, 5.74) is 2.58. The molecule has 0 aromatic carbocycles. The van der Waals surface area contributed by atoms with Crippen LogP contribution in [-0.4, -0.2) is 32.4 Å². The summed E-state index contributed by atoms with van der Waals surface area (Å²) in [6, 6.07) is 0. The Balaban J connectivity index is 2.01. The van der Waals surface area contributed by atoms with E-state index in [2.05, 4.69) is 26.9 Å². The average molecular weight is 245 g/mol. The molecule has 3 heterocycles. The van der Waals surface area contributed by atoms with Crippen molar-refractivity contribution in [3.05, 3.63) is 30.6 Å². The summed E-state index contributed by atoms with van der Waals surface area (Å²) in [7, 11) is 1.94. The van der Waals surface area contributed by atoms with Crippen LogP contribution in [0.2, 0.25) is 0 Å². The van der Waals surface area contributed by atoms with E-state index in [1.807, 2.05) is 36.6 Å². The molecule has 0 spiro atoms. The molecule has 0 aliphatic carbocycles. The maximum absolute atomic E-state index is 4.33. The van der Waals surface area contributed by atoms with E-state index >= 15 is 0 Å². The van der Waals surface area contributed by atoms with Crippen molar-refractivity contribution in [1.29, 1.82) is 0 Å². The molecule has 18 heavy (non-hydrogen) atoms. The third-order valence-electron chi connectivity index (χ3n) is 3.93. The van der Waals surface area contributed by atoms with Gasteiger partial charge in [0.25, 0.3) is 0 Å². The smallest absolute Gasteiger partial charge is 0.0995 e. The van der Waals surface area contributed by atoms with Gasteiger partial charge in [0.2, 0.25) is 0 Å². The number of imidazole rings is 1. The molecule has 0 radical (unpaired) electrons. The molecule has 0 unspecified atom stereocenters. The van der Waals surface area contributed by atoms with E-state index in [4.69, 9.17) is 0 Å². The van der Waals surface area contributed by atoms with Crippen LogP contribution >= 0.6 is 0 Å². The first-order valence-corrected chi connectivity index (χ1v) is 6.42. The number of nitrogens with one attached hydrogen (secondary N) is 1. The number of piperidine rings is 1. The Morgan fingerprint density at radius 1 is 1.28 bits per heavy atom. The molecule has 1 aliphatic rings. The molecule has 1 saturated heterocycles. The minimum Gasteiger partial charge on any atom is -0.317 e. The van der Waals surface area contributed by atoms with Crippen LogP contribution in [0.25, 0.3) is 5.69 Å². The van der Waals surface area contributed by atoms with Crippen molar-refractivity contribution in [3.8, 4) is 5.69 Å². The van der Waals surface area contributed by atoms with Gasteiger partial charge in [-0.2, -0.15) is 5.10 Å². The van der Waals surface area contributed by atoms with Gasteiger partial charge in [-0.3, -0.25) is 9.25 Å². The lowest BCUT2D eigenvalue weighted by molar-refractivity contribution is 0.324. The molecule has 1 fully saturated rings. The summed E-state index contributed by atoms with van der Waals surface area (Å²) < 4.78 is 3.99. The Labute approximate surface area is 107 Å². The Morgan fingerprint density at radius 3 is 2.72 bits per heavy atom. The van der Waals surface area contributed by atoms with Gasteiger partial charge in [0.15, 0.2) is 0 Å². The van der Waals surface area contributed by atoms with Crippen molar-refractivity contribution in [2.24, 2.45) is 7.05 Å². The zero-order valence-corrected chi connectivity index (χ0v) is 10.9. The van der Waals surface area contributed by atoms with E-state index in [9.17, 15) is 0 Å². The first kappa shape index (κ1) is 11.5. The molecule has 0 atom stereocenters. The second kappa shape index (κ2) is 4.24. The highest BCUT2D eigenvalue weighted by molar-refractivity contribution is 5.31. The second-order valence-electron chi connectivity index (χ2n) is 5.33. The fourth-order valence-corrected chi connectivity index (χ4v) is 2.71. The van der Waals surface area contributed by atoms with Crippen LogP contribution in [0.15, 0.2) is 24.9 Å². The average Bonchev–Trinajstić information content (AvgIpc) is 2.98.